The number of hydrogen-bond donors (Lipinski definition) is 2. The fraction of sp³-hybridized carbons (Fsp3) is 0.125. The van der Waals surface area contributed by atoms with Crippen LogP contribution in [0.2, 0.25) is 5.02 Å². The highest BCUT2D eigenvalue weighted by molar-refractivity contribution is 7.98. The maximum absolute atomic E-state index is 11.8. The van der Waals surface area contributed by atoms with Gasteiger partial charge in [0, 0.05) is 21.2 Å². The number of amides is 1. The number of anilines is 1. The van der Waals surface area contributed by atoms with Gasteiger partial charge in [-0.3, -0.25) is 4.79 Å². The van der Waals surface area contributed by atoms with Crippen molar-refractivity contribution in [2.24, 2.45) is 10.9 Å². The molecular formula is C16H16ClN3O2S. The highest BCUT2D eigenvalue weighted by Gasteiger charge is 2.05. The van der Waals surface area contributed by atoms with Gasteiger partial charge in [0.2, 0.25) is 0 Å². The van der Waals surface area contributed by atoms with E-state index in [1.54, 1.807) is 42.1 Å². The van der Waals surface area contributed by atoms with Gasteiger partial charge in [0.25, 0.3) is 5.91 Å². The van der Waals surface area contributed by atoms with Crippen molar-refractivity contribution in [2.75, 3.05) is 18.2 Å². The Balaban J connectivity index is 1.87. The van der Waals surface area contributed by atoms with Gasteiger partial charge in [-0.1, -0.05) is 35.0 Å². The van der Waals surface area contributed by atoms with Crippen molar-refractivity contribution in [3.8, 4) is 0 Å². The summed E-state index contributed by atoms with van der Waals surface area (Å²) in [6.45, 7) is -0.231. The molecule has 0 fully saturated rings. The molecule has 0 aliphatic carbocycles. The number of oxime groups is 1. The lowest BCUT2D eigenvalue weighted by atomic mass is 10.2. The topological polar surface area (TPSA) is 76.7 Å². The number of nitrogens with two attached hydrogens (primary N) is 1. The minimum Gasteiger partial charge on any atom is -0.384 e. The van der Waals surface area contributed by atoms with Crippen molar-refractivity contribution < 1.29 is 9.63 Å². The van der Waals surface area contributed by atoms with Crippen LogP contribution in [0.5, 0.6) is 0 Å². The minimum absolute atomic E-state index is 0.157. The molecule has 0 unspecified atom stereocenters. The van der Waals surface area contributed by atoms with Gasteiger partial charge in [-0.25, -0.2) is 0 Å². The van der Waals surface area contributed by atoms with Gasteiger partial charge in [-0.15, -0.1) is 11.8 Å². The first-order valence-corrected chi connectivity index (χ1v) is 8.34. The van der Waals surface area contributed by atoms with E-state index in [0.717, 1.165) is 4.90 Å². The van der Waals surface area contributed by atoms with Gasteiger partial charge in [-0.2, -0.15) is 0 Å². The summed E-state index contributed by atoms with van der Waals surface area (Å²) in [6, 6.07) is 14.4. The van der Waals surface area contributed by atoms with Crippen molar-refractivity contribution in [2.45, 2.75) is 4.90 Å². The van der Waals surface area contributed by atoms with Crippen molar-refractivity contribution in [3.63, 3.8) is 0 Å². The molecule has 2 aromatic carbocycles. The number of carbonyl (C=O) groups is 1. The summed E-state index contributed by atoms with van der Waals surface area (Å²) in [5.74, 6) is -0.157. The largest absolute Gasteiger partial charge is 0.384 e. The van der Waals surface area contributed by atoms with Crippen LogP contribution in [0.25, 0.3) is 0 Å². The molecule has 0 aliphatic heterocycles. The zero-order valence-corrected chi connectivity index (χ0v) is 14.0. The molecule has 0 spiro atoms. The lowest BCUT2D eigenvalue weighted by Gasteiger charge is -2.06. The minimum atomic E-state index is -0.314. The van der Waals surface area contributed by atoms with E-state index >= 15 is 0 Å². The number of carbonyl (C=O) groups excluding carboxylic acids is 1. The summed E-state index contributed by atoms with van der Waals surface area (Å²) < 4.78 is 0. The van der Waals surface area contributed by atoms with Crippen molar-refractivity contribution in [3.05, 3.63) is 59.1 Å². The molecule has 0 saturated heterocycles. The van der Waals surface area contributed by atoms with E-state index in [9.17, 15) is 4.79 Å². The summed E-state index contributed by atoms with van der Waals surface area (Å²) in [5.41, 5.74) is 7.11. The lowest BCUT2D eigenvalue weighted by molar-refractivity contribution is -0.120. The van der Waals surface area contributed by atoms with Crippen LogP contribution < -0.4 is 11.1 Å². The molecule has 0 radical (unpaired) electrons. The molecule has 7 heteroatoms. The molecule has 2 rings (SSSR count). The predicted octanol–water partition coefficient (Wildman–Crippen LogP) is 3.34. The molecule has 5 nitrogen and oxygen atoms in total. The number of benzene rings is 2. The van der Waals surface area contributed by atoms with Crippen LogP contribution in [0.3, 0.4) is 0 Å². The number of nitrogens with zero attached hydrogens (tertiary/aromatic N) is 1. The van der Waals surface area contributed by atoms with Crippen molar-refractivity contribution in [1.29, 1.82) is 0 Å². The molecular weight excluding hydrogens is 334 g/mol. The van der Waals surface area contributed by atoms with Crippen LogP contribution in [0.1, 0.15) is 5.56 Å². The molecule has 3 N–H and O–H groups in total. The maximum Gasteiger partial charge on any atom is 0.265 e. The Hall–Kier alpha value is -2.18. The first kappa shape index (κ1) is 17.2. The Labute approximate surface area is 143 Å². The summed E-state index contributed by atoms with van der Waals surface area (Å²) >= 11 is 7.47. The molecule has 0 heterocycles. The number of halogens is 1. The SMILES string of the molecule is CSc1cccc(NC(=O)CO/N=C(\N)c2cccc(Cl)c2)c1. The maximum atomic E-state index is 11.8. The third-order valence-corrected chi connectivity index (χ3v) is 3.79. The van der Waals surface area contributed by atoms with Crippen molar-refractivity contribution in [1.82, 2.24) is 0 Å². The van der Waals surface area contributed by atoms with Gasteiger partial charge in [-0.05, 0) is 36.6 Å². The highest BCUT2D eigenvalue weighted by Crippen LogP contribution is 2.18. The van der Waals surface area contributed by atoms with Gasteiger partial charge >= 0.3 is 0 Å². The molecule has 0 bridgehead atoms. The van der Waals surface area contributed by atoms with Crippen LogP contribution in [-0.2, 0) is 9.63 Å². The van der Waals surface area contributed by atoms with Crippen LogP contribution in [0.15, 0.2) is 58.6 Å². The van der Waals surface area contributed by atoms with E-state index < -0.39 is 0 Å². The van der Waals surface area contributed by atoms with E-state index in [2.05, 4.69) is 10.5 Å². The summed E-state index contributed by atoms with van der Waals surface area (Å²) in [5, 5.41) is 7.00. The average molecular weight is 350 g/mol. The number of hydrogen-bond acceptors (Lipinski definition) is 4. The second-order valence-corrected chi connectivity index (χ2v) is 5.86. The highest BCUT2D eigenvalue weighted by atomic mass is 35.5. The number of thioether (sulfide) groups is 1. The predicted molar refractivity (Wildman–Crippen MR) is 95.0 cm³/mol. The Kier molecular flexibility index (Phi) is 6.31. The Morgan fingerprint density at radius 2 is 2.09 bits per heavy atom. The van der Waals surface area contributed by atoms with E-state index in [0.29, 0.717) is 16.3 Å². The molecule has 0 atom stereocenters. The summed E-state index contributed by atoms with van der Waals surface area (Å²) in [4.78, 5) is 17.9. The fourth-order valence-corrected chi connectivity index (χ4v) is 2.41. The molecule has 120 valence electrons. The molecule has 1 amide bonds. The number of nitrogens with one attached hydrogen (secondary N) is 1. The first-order valence-electron chi connectivity index (χ1n) is 6.74. The van der Waals surface area contributed by atoms with Gasteiger partial charge in [0.05, 0.1) is 0 Å². The van der Waals surface area contributed by atoms with Crippen molar-refractivity contribution >= 4 is 40.8 Å². The smallest absolute Gasteiger partial charge is 0.265 e. The van der Waals surface area contributed by atoms with Crippen LogP contribution >= 0.6 is 23.4 Å². The lowest BCUT2D eigenvalue weighted by Crippen LogP contribution is -2.19. The van der Waals surface area contributed by atoms with Gasteiger partial charge in [0.15, 0.2) is 12.4 Å². The summed E-state index contributed by atoms with van der Waals surface area (Å²) in [7, 11) is 0. The third-order valence-electron chi connectivity index (χ3n) is 2.83. The second kappa shape index (κ2) is 8.45. The number of amidine groups is 1. The van der Waals surface area contributed by atoms with E-state index in [4.69, 9.17) is 22.2 Å². The second-order valence-electron chi connectivity index (χ2n) is 4.54. The van der Waals surface area contributed by atoms with Crippen LogP contribution in [0.4, 0.5) is 5.69 Å². The zero-order chi connectivity index (χ0) is 16.7. The first-order chi connectivity index (χ1) is 11.1. The monoisotopic (exact) mass is 349 g/mol. The Morgan fingerprint density at radius 3 is 2.83 bits per heavy atom. The number of rotatable bonds is 6. The normalized spacial score (nSPS) is 11.1. The molecule has 0 aliphatic rings. The molecule has 2 aromatic rings. The quantitative estimate of drug-likeness (QED) is 0.363. The molecule has 23 heavy (non-hydrogen) atoms. The van der Waals surface area contributed by atoms with E-state index in [1.807, 2.05) is 24.5 Å². The van der Waals surface area contributed by atoms with Gasteiger partial charge in [0.1, 0.15) is 0 Å². The van der Waals surface area contributed by atoms with Crippen LogP contribution in [-0.4, -0.2) is 24.6 Å². The fourth-order valence-electron chi connectivity index (χ4n) is 1.76. The molecule has 0 saturated carbocycles. The third kappa shape index (κ3) is 5.50. The standard InChI is InChI=1S/C16H16ClN3O2S/c1-23-14-7-3-6-13(9-14)19-15(21)10-22-20-16(18)11-4-2-5-12(17)8-11/h2-9H,10H2,1H3,(H2,18,20)(H,19,21). The Bertz CT molecular complexity index is 722. The van der Waals surface area contributed by atoms with Gasteiger partial charge < -0.3 is 15.9 Å². The Morgan fingerprint density at radius 1 is 1.30 bits per heavy atom. The molecule has 0 aromatic heterocycles. The average Bonchev–Trinajstić information content (AvgIpc) is 2.55. The zero-order valence-electron chi connectivity index (χ0n) is 12.5. The van der Waals surface area contributed by atoms with Crippen LogP contribution in [0, 0.1) is 0 Å². The summed E-state index contributed by atoms with van der Waals surface area (Å²) in [6.07, 6.45) is 1.97. The van der Waals surface area contributed by atoms with E-state index in [1.165, 1.54) is 0 Å². The van der Waals surface area contributed by atoms with E-state index in [-0.39, 0.29) is 18.3 Å².